The van der Waals surface area contributed by atoms with Crippen molar-refractivity contribution in [1.29, 1.82) is 0 Å². The van der Waals surface area contributed by atoms with Crippen LogP contribution in [-0.4, -0.2) is 36.6 Å². The highest BCUT2D eigenvalue weighted by Crippen LogP contribution is 2.31. The quantitative estimate of drug-likeness (QED) is 0.784. The lowest BCUT2D eigenvalue weighted by atomic mass is 10.1. The van der Waals surface area contributed by atoms with Crippen LogP contribution >= 0.6 is 0 Å². The topological polar surface area (TPSA) is 77.7 Å². The molecular weight excluding hydrogens is 318 g/mol. The SMILES string of the molecule is CCOc1c(CN(C)C(=O)/C=C/c2ccc(N)nc2)cccc1OC. The van der Waals surface area contributed by atoms with Gasteiger partial charge in [-0.1, -0.05) is 12.1 Å². The number of para-hydroxylation sites is 1. The average molecular weight is 341 g/mol. The molecule has 2 aromatic rings. The number of nitrogen functional groups attached to an aromatic ring is 1. The lowest BCUT2D eigenvalue weighted by molar-refractivity contribution is -0.125. The third-order valence-corrected chi connectivity index (χ3v) is 3.58. The molecule has 2 rings (SSSR count). The molecule has 0 atom stereocenters. The summed E-state index contributed by atoms with van der Waals surface area (Å²) < 4.78 is 11.0. The van der Waals surface area contributed by atoms with Crippen molar-refractivity contribution >= 4 is 17.8 Å². The first-order valence-corrected chi connectivity index (χ1v) is 7.98. The standard InChI is InChI=1S/C19H23N3O3/c1-4-25-19-15(6-5-7-16(19)24-3)13-22(2)18(23)11-9-14-8-10-17(20)21-12-14/h5-12H,4,13H2,1-3H3,(H2,20,21)/b11-9+. The first-order chi connectivity index (χ1) is 12.0. The van der Waals surface area contributed by atoms with Gasteiger partial charge in [0.05, 0.1) is 13.7 Å². The van der Waals surface area contributed by atoms with Crippen molar-refractivity contribution in [2.24, 2.45) is 0 Å². The van der Waals surface area contributed by atoms with Gasteiger partial charge in [0.1, 0.15) is 5.82 Å². The van der Waals surface area contributed by atoms with Crippen LogP contribution in [0.4, 0.5) is 5.82 Å². The zero-order valence-corrected chi connectivity index (χ0v) is 14.7. The molecule has 0 radical (unpaired) electrons. The monoisotopic (exact) mass is 341 g/mol. The van der Waals surface area contributed by atoms with Gasteiger partial charge in [-0.05, 0) is 36.8 Å². The molecule has 0 aliphatic heterocycles. The van der Waals surface area contributed by atoms with E-state index in [1.54, 1.807) is 43.5 Å². The van der Waals surface area contributed by atoms with E-state index in [9.17, 15) is 4.79 Å². The number of aromatic nitrogens is 1. The minimum Gasteiger partial charge on any atom is -0.493 e. The fraction of sp³-hybridized carbons (Fsp3) is 0.263. The van der Waals surface area contributed by atoms with Gasteiger partial charge in [-0.25, -0.2) is 4.98 Å². The van der Waals surface area contributed by atoms with Gasteiger partial charge in [0, 0.05) is 31.4 Å². The molecule has 0 spiro atoms. The number of anilines is 1. The second-order valence-corrected chi connectivity index (χ2v) is 5.43. The first kappa shape index (κ1) is 18.3. The summed E-state index contributed by atoms with van der Waals surface area (Å²) in [6, 6.07) is 9.14. The van der Waals surface area contributed by atoms with Gasteiger partial charge >= 0.3 is 0 Å². The largest absolute Gasteiger partial charge is 0.493 e. The van der Waals surface area contributed by atoms with Crippen LogP contribution in [0.2, 0.25) is 0 Å². The average Bonchev–Trinajstić information content (AvgIpc) is 2.62. The van der Waals surface area contributed by atoms with Gasteiger partial charge in [-0.15, -0.1) is 0 Å². The number of ether oxygens (including phenoxy) is 2. The van der Waals surface area contributed by atoms with E-state index in [0.29, 0.717) is 30.5 Å². The smallest absolute Gasteiger partial charge is 0.246 e. The number of carbonyl (C=O) groups is 1. The van der Waals surface area contributed by atoms with E-state index in [-0.39, 0.29) is 5.91 Å². The maximum atomic E-state index is 12.3. The molecule has 1 aromatic carbocycles. The van der Waals surface area contributed by atoms with Crippen LogP contribution in [0.5, 0.6) is 11.5 Å². The molecule has 2 N–H and O–H groups in total. The fourth-order valence-corrected chi connectivity index (χ4v) is 2.30. The second-order valence-electron chi connectivity index (χ2n) is 5.43. The van der Waals surface area contributed by atoms with Crippen LogP contribution < -0.4 is 15.2 Å². The number of carbonyl (C=O) groups excluding carboxylic acids is 1. The molecule has 0 aliphatic rings. The summed E-state index contributed by atoms with van der Waals surface area (Å²) in [5.41, 5.74) is 7.25. The molecule has 25 heavy (non-hydrogen) atoms. The number of rotatable bonds is 7. The van der Waals surface area contributed by atoms with Crippen molar-refractivity contribution in [1.82, 2.24) is 9.88 Å². The summed E-state index contributed by atoms with van der Waals surface area (Å²) in [5.74, 6) is 1.65. The highest BCUT2D eigenvalue weighted by Gasteiger charge is 2.14. The summed E-state index contributed by atoms with van der Waals surface area (Å²) in [6.07, 6.45) is 4.84. The van der Waals surface area contributed by atoms with Crippen LogP contribution in [-0.2, 0) is 11.3 Å². The number of pyridine rings is 1. The number of likely N-dealkylation sites (N-methyl/N-ethyl adjacent to an activating group) is 1. The minimum absolute atomic E-state index is 0.123. The van der Waals surface area contributed by atoms with Gasteiger partial charge < -0.3 is 20.1 Å². The molecule has 132 valence electrons. The number of hydrogen-bond donors (Lipinski definition) is 1. The van der Waals surface area contributed by atoms with E-state index in [1.165, 1.54) is 6.08 Å². The second kappa shape index (κ2) is 8.73. The zero-order chi connectivity index (χ0) is 18.2. The molecule has 1 heterocycles. The first-order valence-electron chi connectivity index (χ1n) is 7.98. The van der Waals surface area contributed by atoms with Gasteiger partial charge in [0.25, 0.3) is 0 Å². The Kier molecular flexibility index (Phi) is 6.39. The predicted octanol–water partition coefficient (Wildman–Crippen LogP) is 2.74. The normalized spacial score (nSPS) is 10.7. The fourth-order valence-electron chi connectivity index (χ4n) is 2.30. The molecule has 1 aromatic heterocycles. The van der Waals surface area contributed by atoms with Crippen molar-refractivity contribution in [3.05, 3.63) is 53.7 Å². The molecule has 0 aliphatic carbocycles. The van der Waals surface area contributed by atoms with E-state index in [1.807, 2.05) is 25.1 Å². The summed E-state index contributed by atoms with van der Waals surface area (Å²) in [5, 5.41) is 0. The summed E-state index contributed by atoms with van der Waals surface area (Å²) >= 11 is 0. The molecule has 6 nitrogen and oxygen atoms in total. The molecule has 0 unspecified atom stereocenters. The molecule has 1 amide bonds. The Morgan fingerprint density at radius 3 is 2.76 bits per heavy atom. The van der Waals surface area contributed by atoms with Crippen LogP contribution in [0, 0.1) is 0 Å². The molecule has 0 saturated heterocycles. The predicted molar refractivity (Wildman–Crippen MR) is 98.3 cm³/mol. The summed E-state index contributed by atoms with van der Waals surface area (Å²) in [4.78, 5) is 17.9. The van der Waals surface area contributed by atoms with E-state index < -0.39 is 0 Å². The molecule has 0 saturated carbocycles. The molecular formula is C19H23N3O3. The lowest BCUT2D eigenvalue weighted by Crippen LogP contribution is -2.24. The molecule has 6 heteroatoms. The Morgan fingerprint density at radius 1 is 1.32 bits per heavy atom. The van der Waals surface area contributed by atoms with Crippen molar-refractivity contribution in [3.8, 4) is 11.5 Å². The number of hydrogen-bond acceptors (Lipinski definition) is 5. The van der Waals surface area contributed by atoms with Crippen molar-refractivity contribution < 1.29 is 14.3 Å². The number of methoxy groups -OCH3 is 1. The Hall–Kier alpha value is -3.02. The van der Waals surface area contributed by atoms with Crippen molar-refractivity contribution in [2.75, 3.05) is 26.5 Å². The third-order valence-electron chi connectivity index (χ3n) is 3.58. The van der Waals surface area contributed by atoms with Crippen LogP contribution in [0.3, 0.4) is 0 Å². The minimum atomic E-state index is -0.123. The molecule has 0 fully saturated rings. The Morgan fingerprint density at radius 2 is 2.12 bits per heavy atom. The maximum Gasteiger partial charge on any atom is 0.246 e. The van der Waals surface area contributed by atoms with E-state index in [0.717, 1.165) is 11.1 Å². The van der Waals surface area contributed by atoms with E-state index >= 15 is 0 Å². The Labute approximate surface area is 147 Å². The highest BCUT2D eigenvalue weighted by molar-refractivity contribution is 5.91. The summed E-state index contributed by atoms with van der Waals surface area (Å²) in [7, 11) is 3.34. The van der Waals surface area contributed by atoms with E-state index in [4.69, 9.17) is 15.2 Å². The number of nitrogens with two attached hydrogens (primary N) is 1. The Bertz CT molecular complexity index is 742. The van der Waals surface area contributed by atoms with Gasteiger partial charge in [0.2, 0.25) is 5.91 Å². The van der Waals surface area contributed by atoms with Gasteiger partial charge in [-0.3, -0.25) is 4.79 Å². The number of amides is 1. The molecule has 0 bridgehead atoms. The Balaban J connectivity index is 2.09. The van der Waals surface area contributed by atoms with Crippen LogP contribution in [0.1, 0.15) is 18.1 Å². The summed E-state index contributed by atoms with van der Waals surface area (Å²) in [6.45, 7) is 2.85. The van der Waals surface area contributed by atoms with E-state index in [2.05, 4.69) is 4.98 Å². The zero-order valence-electron chi connectivity index (χ0n) is 14.7. The van der Waals surface area contributed by atoms with Gasteiger partial charge in [0.15, 0.2) is 11.5 Å². The number of benzene rings is 1. The highest BCUT2D eigenvalue weighted by atomic mass is 16.5. The van der Waals surface area contributed by atoms with Gasteiger partial charge in [-0.2, -0.15) is 0 Å². The number of nitrogens with zero attached hydrogens (tertiary/aromatic N) is 2. The van der Waals surface area contributed by atoms with Crippen LogP contribution in [0.25, 0.3) is 6.08 Å². The van der Waals surface area contributed by atoms with Crippen LogP contribution in [0.15, 0.2) is 42.6 Å². The maximum absolute atomic E-state index is 12.3. The lowest BCUT2D eigenvalue weighted by Gasteiger charge is -2.19. The van der Waals surface area contributed by atoms with Crippen molar-refractivity contribution in [3.63, 3.8) is 0 Å². The third kappa shape index (κ3) is 4.97. The van der Waals surface area contributed by atoms with Crippen molar-refractivity contribution in [2.45, 2.75) is 13.5 Å².